The van der Waals surface area contributed by atoms with Crippen LogP contribution in [0.25, 0.3) is 10.4 Å². The Bertz CT molecular complexity index is 628. The summed E-state index contributed by atoms with van der Waals surface area (Å²) >= 11 is 1.65. The van der Waals surface area contributed by atoms with Crippen molar-refractivity contribution in [1.29, 1.82) is 0 Å². The van der Waals surface area contributed by atoms with Gasteiger partial charge in [0.25, 0.3) is 0 Å². The molecule has 2 bridgehead atoms. The van der Waals surface area contributed by atoms with Gasteiger partial charge in [-0.25, -0.2) is 4.79 Å². The Hall–Kier alpha value is -1.66. The third-order valence-corrected chi connectivity index (χ3v) is 5.48. The Morgan fingerprint density at radius 1 is 1.38 bits per heavy atom. The van der Waals surface area contributed by atoms with E-state index in [9.17, 15) is 4.79 Å². The summed E-state index contributed by atoms with van der Waals surface area (Å²) in [6.07, 6.45) is 5.96. The van der Waals surface area contributed by atoms with E-state index in [0.717, 1.165) is 17.0 Å². The number of amides is 1. The molecule has 5 nitrogen and oxygen atoms in total. The number of carbonyl (C=O) groups excluding carboxylic acids is 1. The molecule has 0 radical (unpaired) electrons. The molecular formula is C15H18N4OS. The summed E-state index contributed by atoms with van der Waals surface area (Å²) in [5, 5.41) is 9.37. The van der Waals surface area contributed by atoms with Gasteiger partial charge in [-0.15, -0.1) is 11.3 Å². The number of aromatic nitrogens is 2. The summed E-state index contributed by atoms with van der Waals surface area (Å²) < 4.78 is 1.42. The Kier molecular flexibility index (Phi) is 3.27. The highest BCUT2D eigenvalue weighted by molar-refractivity contribution is 7.13. The number of piperidine rings is 3. The van der Waals surface area contributed by atoms with E-state index in [1.165, 1.54) is 30.6 Å². The monoisotopic (exact) mass is 302 g/mol. The van der Waals surface area contributed by atoms with Crippen LogP contribution < -0.4 is 5.32 Å². The summed E-state index contributed by atoms with van der Waals surface area (Å²) in [7, 11) is 0. The lowest BCUT2D eigenvalue weighted by Crippen LogP contribution is -2.57. The largest absolute Gasteiger partial charge is 0.342 e. The zero-order valence-electron chi connectivity index (χ0n) is 11.7. The maximum absolute atomic E-state index is 12.3. The van der Waals surface area contributed by atoms with Crippen molar-refractivity contribution in [1.82, 2.24) is 20.0 Å². The molecule has 6 heteroatoms. The molecule has 3 aliphatic rings. The summed E-state index contributed by atoms with van der Waals surface area (Å²) in [5.74, 6) is 0.631. The third-order valence-electron chi connectivity index (χ3n) is 4.56. The van der Waals surface area contributed by atoms with Crippen LogP contribution in [-0.2, 0) is 0 Å². The number of fused-ring (bicyclic) bond motifs is 3. The first-order valence-corrected chi connectivity index (χ1v) is 8.29. The van der Waals surface area contributed by atoms with Gasteiger partial charge < -0.3 is 10.2 Å². The fourth-order valence-corrected chi connectivity index (χ4v) is 4.06. The van der Waals surface area contributed by atoms with Crippen molar-refractivity contribution in [2.75, 3.05) is 19.6 Å². The van der Waals surface area contributed by atoms with Gasteiger partial charge >= 0.3 is 6.03 Å². The normalized spacial score (nSPS) is 27.7. The molecule has 110 valence electrons. The quantitative estimate of drug-likeness (QED) is 0.926. The van der Waals surface area contributed by atoms with E-state index < -0.39 is 0 Å². The van der Waals surface area contributed by atoms with Gasteiger partial charge in [-0.1, -0.05) is 6.07 Å². The number of thiophene rings is 1. The smallest absolute Gasteiger partial charge is 0.332 e. The van der Waals surface area contributed by atoms with Gasteiger partial charge in [0.05, 0.1) is 6.20 Å². The summed E-state index contributed by atoms with van der Waals surface area (Å²) in [6, 6.07) is 4.20. The lowest BCUT2D eigenvalue weighted by molar-refractivity contribution is 0.0765. The standard InChI is InChI=1S/C15H18N4OS/c20-15(17-13-10-18-5-3-11(13)4-6-18)19-9-12(8-16-19)14-2-1-7-21-14/h1-2,7-9,11,13H,3-6,10H2,(H,17,20)/t13-/m0/s1. The zero-order valence-corrected chi connectivity index (χ0v) is 12.6. The number of carbonyl (C=O) groups is 1. The van der Waals surface area contributed by atoms with Crippen LogP contribution >= 0.6 is 11.3 Å². The lowest BCUT2D eigenvalue weighted by Gasteiger charge is -2.44. The molecule has 5 heterocycles. The first kappa shape index (κ1) is 13.0. The fourth-order valence-electron chi connectivity index (χ4n) is 3.36. The molecule has 3 fully saturated rings. The van der Waals surface area contributed by atoms with E-state index in [0.29, 0.717) is 5.92 Å². The third kappa shape index (κ3) is 2.49. The van der Waals surface area contributed by atoms with Crippen LogP contribution in [0.2, 0.25) is 0 Å². The number of nitrogens with one attached hydrogen (secondary N) is 1. The lowest BCUT2D eigenvalue weighted by atomic mass is 9.84. The first-order chi connectivity index (χ1) is 10.3. The van der Waals surface area contributed by atoms with Crippen LogP contribution in [0.5, 0.6) is 0 Å². The highest BCUT2D eigenvalue weighted by atomic mass is 32.1. The molecule has 0 spiro atoms. The van der Waals surface area contributed by atoms with E-state index in [-0.39, 0.29) is 12.1 Å². The van der Waals surface area contributed by atoms with E-state index >= 15 is 0 Å². The average Bonchev–Trinajstić information content (AvgIpc) is 3.20. The summed E-state index contributed by atoms with van der Waals surface area (Å²) in [5.41, 5.74) is 0.995. The van der Waals surface area contributed by atoms with E-state index in [4.69, 9.17) is 0 Å². The van der Waals surface area contributed by atoms with Gasteiger partial charge in [0.2, 0.25) is 0 Å². The topological polar surface area (TPSA) is 50.2 Å². The Labute approximate surface area is 127 Å². The summed E-state index contributed by atoms with van der Waals surface area (Å²) in [4.78, 5) is 15.9. The molecule has 0 aliphatic carbocycles. The fraction of sp³-hybridized carbons (Fsp3) is 0.467. The molecule has 21 heavy (non-hydrogen) atoms. The second-order valence-corrected chi connectivity index (χ2v) is 6.79. The summed E-state index contributed by atoms with van der Waals surface area (Å²) in [6.45, 7) is 3.35. The molecular weight excluding hydrogens is 284 g/mol. The number of rotatable bonds is 2. The van der Waals surface area contributed by atoms with Crippen molar-refractivity contribution >= 4 is 17.4 Å². The maximum Gasteiger partial charge on any atom is 0.342 e. The number of nitrogens with zero attached hydrogens (tertiary/aromatic N) is 3. The molecule has 0 unspecified atom stereocenters. The van der Waals surface area contributed by atoms with Crippen LogP contribution in [0, 0.1) is 5.92 Å². The molecule has 1 amide bonds. The van der Waals surface area contributed by atoms with E-state index in [2.05, 4.69) is 15.3 Å². The molecule has 0 aromatic carbocycles. The van der Waals surface area contributed by atoms with Crippen LogP contribution in [0.3, 0.4) is 0 Å². The molecule has 2 aromatic rings. The second kappa shape index (κ2) is 5.27. The SMILES string of the molecule is O=C(N[C@H]1CN2CCC1CC2)n1cc(-c2cccs2)cn1. The van der Waals surface area contributed by atoms with Gasteiger partial charge in [0.15, 0.2) is 0 Å². The van der Waals surface area contributed by atoms with Crippen molar-refractivity contribution in [3.05, 3.63) is 29.9 Å². The average molecular weight is 302 g/mol. The van der Waals surface area contributed by atoms with E-state index in [1.807, 2.05) is 23.7 Å². The highest BCUT2D eigenvalue weighted by Gasteiger charge is 2.35. The van der Waals surface area contributed by atoms with Crippen LogP contribution in [0.15, 0.2) is 29.9 Å². The van der Waals surface area contributed by atoms with Gasteiger partial charge in [-0.2, -0.15) is 9.78 Å². The van der Waals surface area contributed by atoms with E-state index in [1.54, 1.807) is 17.5 Å². The zero-order chi connectivity index (χ0) is 14.2. The van der Waals surface area contributed by atoms with Crippen molar-refractivity contribution in [2.24, 2.45) is 5.92 Å². The predicted octanol–water partition coefficient (Wildman–Crippen LogP) is 2.26. The molecule has 1 atom stereocenters. The van der Waals surface area contributed by atoms with Gasteiger partial charge in [-0.3, -0.25) is 0 Å². The minimum absolute atomic E-state index is 0.114. The van der Waals surface area contributed by atoms with Crippen LogP contribution in [0.1, 0.15) is 12.8 Å². The molecule has 2 aromatic heterocycles. The van der Waals surface area contributed by atoms with Crippen LogP contribution in [0.4, 0.5) is 4.79 Å². The predicted molar refractivity (Wildman–Crippen MR) is 82.4 cm³/mol. The van der Waals surface area contributed by atoms with Gasteiger partial charge in [0, 0.05) is 29.2 Å². The second-order valence-electron chi connectivity index (χ2n) is 5.84. The molecule has 5 rings (SSSR count). The molecule has 1 N–H and O–H groups in total. The Balaban J connectivity index is 1.46. The van der Waals surface area contributed by atoms with Crippen molar-refractivity contribution < 1.29 is 4.79 Å². The minimum Gasteiger partial charge on any atom is -0.332 e. The Morgan fingerprint density at radius 3 is 2.90 bits per heavy atom. The number of hydrogen-bond donors (Lipinski definition) is 1. The molecule has 3 aliphatic heterocycles. The molecule has 0 saturated carbocycles. The van der Waals surface area contributed by atoms with Gasteiger partial charge in [0.1, 0.15) is 0 Å². The molecule has 3 saturated heterocycles. The van der Waals surface area contributed by atoms with Crippen LogP contribution in [-0.4, -0.2) is 46.4 Å². The highest BCUT2D eigenvalue weighted by Crippen LogP contribution is 2.27. The van der Waals surface area contributed by atoms with Crippen molar-refractivity contribution in [3.8, 4) is 10.4 Å². The minimum atomic E-state index is -0.114. The van der Waals surface area contributed by atoms with Crippen molar-refractivity contribution in [2.45, 2.75) is 18.9 Å². The Morgan fingerprint density at radius 2 is 2.24 bits per heavy atom. The van der Waals surface area contributed by atoms with Gasteiger partial charge in [-0.05, 0) is 43.3 Å². The number of hydrogen-bond acceptors (Lipinski definition) is 4. The first-order valence-electron chi connectivity index (χ1n) is 7.41. The van der Waals surface area contributed by atoms with Crippen molar-refractivity contribution in [3.63, 3.8) is 0 Å². The maximum atomic E-state index is 12.3.